The van der Waals surface area contributed by atoms with Crippen LogP contribution in [0.3, 0.4) is 0 Å². The van der Waals surface area contributed by atoms with Crippen molar-refractivity contribution in [3.63, 3.8) is 0 Å². The lowest BCUT2D eigenvalue weighted by Gasteiger charge is -2.05. The zero-order chi connectivity index (χ0) is 18.3. The molecule has 1 rings (SSSR count). The number of rotatable bonds is 14. The first-order valence-electron chi connectivity index (χ1n) is 10.0. The standard InChI is InChI=1S/C22H36NO2/c1-4-5-6-7-8-9-10-11-12-13-15-18-23-19-16-14-17-21(23)25-22(24)20(2)3/h14,16-17,19H,2,4-13,15,18H2,1,3H3/q+1. The number of ether oxygens (including phenoxy) is 1. The van der Waals surface area contributed by atoms with Gasteiger partial charge in [0.2, 0.25) is 0 Å². The smallest absolute Gasteiger partial charge is 0.367 e. The minimum Gasteiger partial charge on any atom is -0.367 e. The molecule has 0 fully saturated rings. The number of unbranched alkanes of at least 4 members (excludes halogenated alkanes) is 10. The van der Waals surface area contributed by atoms with Crippen LogP contribution in [0, 0.1) is 0 Å². The Balaban J connectivity index is 2.14. The van der Waals surface area contributed by atoms with Crippen molar-refractivity contribution in [1.82, 2.24) is 0 Å². The van der Waals surface area contributed by atoms with Crippen molar-refractivity contribution in [2.45, 2.75) is 91.0 Å². The Hall–Kier alpha value is -1.64. The van der Waals surface area contributed by atoms with E-state index in [9.17, 15) is 4.79 Å². The second-order valence-electron chi connectivity index (χ2n) is 6.94. The molecule has 1 aromatic rings. The highest BCUT2D eigenvalue weighted by atomic mass is 16.5. The summed E-state index contributed by atoms with van der Waals surface area (Å²) in [5.41, 5.74) is 0.421. The van der Waals surface area contributed by atoms with Gasteiger partial charge in [0.1, 0.15) is 0 Å². The van der Waals surface area contributed by atoms with Gasteiger partial charge in [-0.2, -0.15) is 4.57 Å². The highest BCUT2D eigenvalue weighted by Gasteiger charge is 2.15. The van der Waals surface area contributed by atoms with Crippen molar-refractivity contribution in [3.8, 4) is 5.88 Å². The van der Waals surface area contributed by atoms with Crippen LogP contribution in [0.5, 0.6) is 5.88 Å². The Labute approximate surface area is 154 Å². The Morgan fingerprint density at radius 3 is 2.08 bits per heavy atom. The van der Waals surface area contributed by atoms with Crippen molar-refractivity contribution >= 4 is 5.97 Å². The zero-order valence-corrected chi connectivity index (χ0v) is 16.3. The summed E-state index contributed by atoms with van der Waals surface area (Å²) in [5.74, 6) is 0.237. The molecular weight excluding hydrogens is 310 g/mol. The summed E-state index contributed by atoms with van der Waals surface area (Å²) in [6.07, 6.45) is 16.6. The lowest BCUT2D eigenvalue weighted by molar-refractivity contribution is -0.700. The van der Waals surface area contributed by atoms with Crippen LogP contribution in [-0.4, -0.2) is 5.97 Å². The molecule has 0 unspecified atom stereocenters. The number of pyridine rings is 1. The molecule has 0 saturated carbocycles. The maximum Gasteiger partial charge on any atom is 0.375 e. The third-order valence-corrected chi connectivity index (χ3v) is 4.45. The number of aromatic nitrogens is 1. The van der Waals surface area contributed by atoms with Gasteiger partial charge in [-0.1, -0.05) is 71.3 Å². The fraction of sp³-hybridized carbons (Fsp3) is 0.636. The van der Waals surface area contributed by atoms with Crippen LogP contribution in [0.2, 0.25) is 0 Å². The third-order valence-electron chi connectivity index (χ3n) is 4.45. The van der Waals surface area contributed by atoms with Crippen LogP contribution >= 0.6 is 0 Å². The van der Waals surface area contributed by atoms with Gasteiger partial charge in [-0.15, -0.1) is 0 Å². The van der Waals surface area contributed by atoms with Gasteiger partial charge >= 0.3 is 11.8 Å². The zero-order valence-electron chi connectivity index (χ0n) is 16.3. The number of hydrogen-bond acceptors (Lipinski definition) is 2. The van der Waals surface area contributed by atoms with Crippen LogP contribution in [0.25, 0.3) is 0 Å². The number of carbonyl (C=O) groups excluding carboxylic acids is 1. The largest absolute Gasteiger partial charge is 0.375 e. The molecule has 25 heavy (non-hydrogen) atoms. The van der Waals surface area contributed by atoms with E-state index in [1.807, 2.05) is 29.0 Å². The molecule has 0 atom stereocenters. The molecule has 0 aromatic carbocycles. The molecule has 0 saturated heterocycles. The van der Waals surface area contributed by atoms with Gasteiger partial charge in [0.25, 0.3) is 0 Å². The Kier molecular flexibility index (Phi) is 11.7. The average molecular weight is 347 g/mol. The van der Waals surface area contributed by atoms with E-state index in [0.717, 1.165) is 13.0 Å². The predicted octanol–water partition coefficient (Wildman–Crippen LogP) is 5.77. The number of aryl methyl sites for hydroxylation is 1. The summed E-state index contributed by atoms with van der Waals surface area (Å²) in [4.78, 5) is 11.7. The Bertz CT molecular complexity index is 511. The molecule has 0 aliphatic heterocycles. The van der Waals surface area contributed by atoms with Gasteiger partial charge in [-0.05, 0) is 19.4 Å². The fourth-order valence-electron chi connectivity index (χ4n) is 2.87. The van der Waals surface area contributed by atoms with Crippen molar-refractivity contribution in [3.05, 3.63) is 36.5 Å². The van der Waals surface area contributed by atoms with E-state index in [0.29, 0.717) is 11.5 Å². The molecule has 0 N–H and O–H groups in total. The summed E-state index contributed by atoms with van der Waals surface area (Å²) in [7, 11) is 0. The first-order valence-corrected chi connectivity index (χ1v) is 10.0. The lowest BCUT2D eigenvalue weighted by Crippen LogP contribution is -2.36. The topological polar surface area (TPSA) is 30.2 Å². The van der Waals surface area contributed by atoms with Crippen molar-refractivity contribution in [2.75, 3.05) is 0 Å². The monoisotopic (exact) mass is 346 g/mol. The van der Waals surface area contributed by atoms with Crippen LogP contribution in [0.1, 0.15) is 84.5 Å². The summed E-state index contributed by atoms with van der Waals surface area (Å²) in [5, 5.41) is 0. The van der Waals surface area contributed by atoms with E-state index < -0.39 is 0 Å². The van der Waals surface area contributed by atoms with E-state index in [4.69, 9.17) is 4.74 Å². The van der Waals surface area contributed by atoms with Crippen molar-refractivity contribution < 1.29 is 14.1 Å². The normalized spacial score (nSPS) is 10.6. The van der Waals surface area contributed by atoms with E-state index in [1.165, 1.54) is 64.2 Å². The first-order chi connectivity index (χ1) is 12.1. The second-order valence-corrected chi connectivity index (χ2v) is 6.94. The van der Waals surface area contributed by atoms with Gasteiger partial charge in [0, 0.05) is 18.1 Å². The molecule has 3 heteroatoms. The maximum absolute atomic E-state index is 11.7. The molecule has 1 heterocycles. The highest BCUT2D eigenvalue weighted by molar-refractivity contribution is 5.88. The van der Waals surface area contributed by atoms with Crippen LogP contribution in [-0.2, 0) is 11.3 Å². The molecule has 0 aliphatic rings. The first kappa shape index (κ1) is 21.4. The summed E-state index contributed by atoms with van der Waals surface area (Å²) < 4.78 is 7.39. The van der Waals surface area contributed by atoms with Crippen molar-refractivity contribution in [1.29, 1.82) is 0 Å². The minimum atomic E-state index is -0.362. The number of hydrogen-bond donors (Lipinski definition) is 0. The Morgan fingerprint density at radius 1 is 0.960 bits per heavy atom. The summed E-state index contributed by atoms with van der Waals surface area (Å²) >= 11 is 0. The van der Waals surface area contributed by atoms with Gasteiger partial charge in [0.05, 0.1) is 6.07 Å². The molecule has 140 valence electrons. The molecular formula is C22H36NO2+. The third kappa shape index (κ3) is 10.1. The number of esters is 1. The summed E-state index contributed by atoms with van der Waals surface area (Å²) in [6, 6.07) is 5.69. The van der Waals surface area contributed by atoms with Crippen molar-refractivity contribution in [2.24, 2.45) is 0 Å². The van der Waals surface area contributed by atoms with Gasteiger partial charge in [0.15, 0.2) is 12.7 Å². The fourth-order valence-corrected chi connectivity index (χ4v) is 2.87. The second kappa shape index (κ2) is 13.6. The van der Waals surface area contributed by atoms with E-state index in [-0.39, 0.29) is 5.97 Å². The SMILES string of the molecule is C=C(C)C(=O)Oc1cccc[n+]1CCCCCCCCCCCCC. The van der Waals surface area contributed by atoms with E-state index in [1.54, 1.807) is 6.92 Å². The summed E-state index contributed by atoms with van der Waals surface area (Å²) in [6.45, 7) is 8.45. The molecule has 1 aromatic heterocycles. The molecule has 0 radical (unpaired) electrons. The predicted molar refractivity (Wildman–Crippen MR) is 104 cm³/mol. The van der Waals surface area contributed by atoms with Crippen LogP contribution in [0.15, 0.2) is 36.5 Å². The van der Waals surface area contributed by atoms with Crippen LogP contribution in [0.4, 0.5) is 0 Å². The molecule has 0 amide bonds. The molecule has 0 aliphatic carbocycles. The number of nitrogens with zero attached hydrogens (tertiary/aromatic N) is 1. The Morgan fingerprint density at radius 2 is 1.52 bits per heavy atom. The van der Waals surface area contributed by atoms with E-state index >= 15 is 0 Å². The van der Waals surface area contributed by atoms with Gasteiger partial charge < -0.3 is 4.74 Å². The average Bonchev–Trinajstić information content (AvgIpc) is 2.60. The lowest BCUT2D eigenvalue weighted by atomic mass is 10.1. The maximum atomic E-state index is 11.7. The molecule has 0 spiro atoms. The molecule has 0 bridgehead atoms. The quantitative estimate of drug-likeness (QED) is 0.185. The minimum absolute atomic E-state index is 0.362. The molecule has 3 nitrogen and oxygen atoms in total. The van der Waals surface area contributed by atoms with Gasteiger partial charge in [-0.3, -0.25) is 0 Å². The number of carbonyl (C=O) groups is 1. The van der Waals surface area contributed by atoms with Crippen LogP contribution < -0.4 is 9.30 Å². The van der Waals surface area contributed by atoms with Gasteiger partial charge in [-0.25, -0.2) is 4.79 Å². The van der Waals surface area contributed by atoms with E-state index in [2.05, 4.69) is 13.5 Å². The highest BCUT2D eigenvalue weighted by Crippen LogP contribution is 2.12.